The van der Waals surface area contributed by atoms with E-state index >= 15 is 0 Å². The normalized spacial score (nSPS) is 9.77. The molecule has 0 heterocycles. The average molecular weight is 201 g/mol. The van der Waals surface area contributed by atoms with E-state index in [1.807, 2.05) is 0 Å². The number of nitrogens with zero attached hydrogens (tertiary/aromatic N) is 1. The summed E-state index contributed by atoms with van der Waals surface area (Å²) in [6, 6.07) is 3.00. The van der Waals surface area contributed by atoms with E-state index in [4.69, 9.17) is 11.6 Å². The molecule has 0 amide bonds. The molecule has 0 spiro atoms. The highest BCUT2D eigenvalue weighted by Gasteiger charge is 2.13. The Balaban J connectivity index is 3.28. The van der Waals surface area contributed by atoms with Crippen LogP contribution in [0.4, 0.5) is 11.4 Å². The van der Waals surface area contributed by atoms with E-state index in [9.17, 15) is 10.1 Å². The molecule has 0 aliphatic carbocycles. The van der Waals surface area contributed by atoms with Crippen LogP contribution in [0.2, 0.25) is 5.02 Å². The first-order valence-corrected chi connectivity index (χ1v) is 4.06. The highest BCUT2D eigenvalue weighted by Crippen LogP contribution is 2.29. The van der Waals surface area contributed by atoms with Crippen molar-refractivity contribution in [2.45, 2.75) is 6.92 Å². The van der Waals surface area contributed by atoms with Gasteiger partial charge in [0.15, 0.2) is 0 Å². The summed E-state index contributed by atoms with van der Waals surface area (Å²) in [6.45, 7) is 1.68. The molecule has 70 valence electrons. The highest BCUT2D eigenvalue weighted by molar-refractivity contribution is 6.33. The predicted octanol–water partition coefficient (Wildman–Crippen LogP) is 2.60. The van der Waals surface area contributed by atoms with Crippen LogP contribution in [-0.2, 0) is 0 Å². The van der Waals surface area contributed by atoms with Crippen LogP contribution < -0.4 is 5.32 Å². The van der Waals surface area contributed by atoms with Gasteiger partial charge in [-0.2, -0.15) is 0 Å². The lowest BCUT2D eigenvalue weighted by molar-refractivity contribution is -0.385. The summed E-state index contributed by atoms with van der Waals surface area (Å²) in [6.07, 6.45) is 0. The topological polar surface area (TPSA) is 55.2 Å². The standard InChI is InChI=1S/C8H9ClN2O2/c1-5-3-7(10-2)6(9)4-8(5)11(12)13/h3-4,10H,1-2H3. The maximum Gasteiger partial charge on any atom is 0.273 e. The molecule has 13 heavy (non-hydrogen) atoms. The van der Waals surface area contributed by atoms with Gasteiger partial charge in [-0.1, -0.05) is 11.6 Å². The van der Waals surface area contributed by atoms with E-state index in [1.54, 1.807) is 20.0 Å². The Morgan fingerprint density at radius 1 is 1.54 bits per heavy atom. The Kier molecular flexibility index (Phi) is 2.72. The van der Waals surface area contributed by atoms with Crippen LogP contribution in [0.25, 0.3) is 0 Å². The molecule has 0 aromatic heterocycles. The maximum absolute atomic E-state index is 10.5. The largest absolute Gasteiger partial charge is 0.387 e. The van der Waals surface area contributed by atoms with Gasteiger partial charge in [0.1, 0.15) is 0 Å². The van der Waals surface area contributed by atoms with Crippen LogP contribution in [0, 0.1) is 17.0 Å². The molecule has 5 heteroatoms. The average Bonchev–Trinajstić information content (AvgIpc) is 2.07. The summed E-state index contributed by atoms with van der Waals surface area (Å²) >= 11 is 5.78. The number of hydrogen-bond acceptors (Lipinski definition) is 3. The maximum atomic E-state index is 10.5. The number of rotatable bonds is 2. The van der Waals surface area contributed by atoms with Crippen molar-refractivity contribution >= 4 is 23.0 Å². The second-order valence-corrected chi connectivity index (χ2v) is 3.03. The molecule has 1 rings (SSSR count). The third kappa shape index (κ3) is 1.89. The number of aryl methyl sites for hydroxylation is 1. The third-order valence-electron chi connectivity index (χ3n) is 1.75. The molecule has 4 nitrogen and oxygen atoms in total. The Morgan fingerprint density at radius 3 is 2.62 bits per heavy atom. The van der Waals surface area contributed by atoms with Gasteiger partial charge in [0, 0.05) is 18.7 Å². The van der Waals surface area contributed by atoms with Crippen LogP contribution in [0.5, 0.6) is 0 Å². The fraction of sp³-hybridized carbons (Fsp3) is 0.250. The minimum Gasteiger partial charge on any atom is -0.387 e. The summed E-state index contributed by atoms with van der Waals surface area (Å²) in [7, 11) is 1.71. The van der Waals surface area contributed by atoms with Crippen LogP contribution >= 0.6 is 11.6 Å². The Hall–Kier alpha value is -1.29. The summed E-state index contributed by atoms with van der Waals surface area (Å²) in [4.78, 5) is 10.1. The number of benzene rings is 1. The van der Waals surface area contributed by atoms with Crippen molar-refractivity contribution in [2.75, 3.05) is 12.4 Å². The Labute approximate surface area is 80.7 Å². The molecule has 0 aliphatic heterocycles. The first kappa shape index (κ1) is 9.80. The van der Waals surface area contributed by atoms with Crippen molar-refractivity contribution in [3.05, 3.63) is 32.8 Å². The molecular weight excluding hydrogens is 192 g/mol. The van der Waals surface area contributed by atoms with Crippen molar-refractivity contribution in [3.63, 3.8) is 0 Å². The molecule has 0 saturated carbocycles. The lowest BCUT2D eigenvalue weighted by Gasteiger charge is -2.04. The number of nitro groups is 1. The molecular formula is C8H9ClN2O2. The van der Waals surface area contributed by atoms with E-state index in [1.165, 1.54) is 6.07 Å². The van der Waals surface area contributed by atoms with Gasteiger partial charge >= 0.3 is 0 Å². The first-order chi connectivity index (χ1) is 6.06. The van der Waals surface area contributed by atoms with Crippen molar-refractivity contribution in [3.8, 4) is 0 Å². The monoisotopic (exact) mass is 200 g/mol. The second-order valence-electron chi connectivity index (χ2n) is 2.63. The number of nitrogens with one attached hydrogen (secondary N) is 1. The molecule has 0 unspecified atom stereocenters. The summed E-state index contributed by atoms with van der Waals surface area (Å²) in [5.41, 5.74) is 1.34. The molecule has 0 fully saturated rings. The zero-order chi connectivity index (χ0) is 10.0. The van der Waals surface area contributed by atoms with Crippen LogP contribution in [0.1, 0.15) is 5.56 Å². The summed E-state index contributed by atoms with van der Waals surface area (Å²) < 4.78 is 0. The SMILES string of the molecule is CNc1cc(C)c([N+](=O)[O-])cc1Cl. The van der Waals surface area contributed by atoms with Crippen LogP contribution in [-0.4, -0.2) is 12.0 Å². The highest BCUT2D eigenvalue weighted by atomic mass is 35.5. The van der Waals surface area contributed by atoms with Crippen LogP contribution in [0.15, 0.2) is 12.1 Å². The van der Waals surface area contributed by atoms with E-state index < -0.39 is 4.92 Å². The van der Waals surface area contributed by atoms with Gasteiger partial charge in [-0.25, -0.2) is 0 Å². The molecule has 1 aromatic rings. The van der Waals surface area contributed by atoms with Crippen molar-refractivity contribution in [1.82, 2.24) is 0 Å². The van der Waals surface area contributed by atoms with Crippen molar-refractivity contribution < 1.29 is 4.92 Å². The Morgan fingerprint density at radius 2 is 2.15 bits per heavy atom. The molecule has 0 saturated heterocycles. The zero-order valence-corrected chi connectivity index (χ0v) is 8.05. The lowest BCUT2D eigenvalue weighted by Crippen LogP contribution is -1.95. The third-order valence-corrected chi connectivity index (χ3v) is 2.06. The molecule has 1 N–H and O–H groups in total. The summed E-state index contributed by atoms with van der Waals surface area (Å²) in [5, 5.41) is 13.7. The molecule has 0 aliphatic rings. The van der Waals surface area contributed by atoms with Gasteiger partial charge in [-0.05, 0) is 13.0 Å². The number of anilines is 1. The predicted molar refractivity (Wildman–Crippen MR) is 52.4 cm³/mol. The van der Waals surface area contributed by atoms with Gasteiger partial charge in [-0.15, -0.1) is 0 Å². The molecule has 0 bridgehead atoms. The van der Waals surface area contributed by atoms with Gasteiger partial charge in [0.25, 0.3) is 5.69 Å². The van der Waals surface area contributed by atoms with E-state index in [0.717, 1.165) is 0 Å². The van der Waals surface area contributed by atoms with Crippen LogP contribution in [0.3, 0.4) is 0 Å². The summed E-state index contributed by atoms with van der Waals surface area (Å²) in [5.74, 6) is 0. The van der Waals surface area contributed by atoms with E-state index in [-0.39, 0.29) is 5.69 Å². The van der Waals surface area contributed by atoms with Crippen molar-refractivity contribution in [1.29, 1.82) is 0 Å². The minimum atomic E-state index is -0.444. The molecule has 0 atom stereocenters. The fourth-order valence-electron chi connectivity index (χ4n) is 1.06. The lowest BCUT2D eigenvalue weighted by atomic mass is 10.2. The van der Waals surface area contributed by atoms with Gasteiger partial charge in [0.05, 0.1) is 15.6 Å². The van der Waals surface area contributed by atoms with Gasteiger partial charge < -0.3 is 5.32 Å². The minimum absolute atomic E-state index is 0.0454. The van der Waals surface area contributed by atoms with Crippen molar-refractivity contribution in [2.24, 2.45) is 0 Å². The van der Waals surface area contributed by atoms with E-state index in [0.29, 0.717) is 16.3 Å². The number of hydrogen-bond donors (Lipinski definition) is 1. The van der Waals surface area contributed by atoms with E-state index in [2.05, 4.69) is 5.32 Å². The zero-order valence-electron chi connectivity index (χ0n) is 7.30. The first-order valence-electron chi connectivity index (χ1n) is 3.68. The molecule has 1 aromatic carbocycles. The second kappa shape index (κ2) is 3.62. The van der Waals surface area contributed by atoms with Gasteiger partial charge in [-0.3, -0.25) is 10.1 Å². The fourth-order valence-corrected chi connectivity index (χ4v) is 1.31. The Bertz CT molecular complexity index is 352. The van der Waals surface area contributed by atoms with Gasteiger partial charge in [0.2, 0.25) is 0 Å². The molecule has 0 radical (unpaired) electrons. The number of halogens is 1. The quantitative estimate of drug-likeness (QED) is 0.590. The number of nitro benzene ring substituents is 1. The smallest absolute Gasteiger partial charge is 0.273 e.